The van der Waals surface area contributed by atoms with Crippen molar-refractivity contribution < 1.29 is 9.53 Å². The van der Waals surface area contributed by atoms with Crippen molar-refractivity contribution >= 4 is 16.8 Å². The molecule has 0 spiro atoms. The highest BCUT2D eigenvalue weighted by atomic mass is 35.5. The Morgan fingerprint density at radius 3 is 1.78 bits per heavy atom. The third kappa shape index (κ3) is 10.4. The molecule has 0 N–H and O–H groups in total. The molecule has 1 rings (SSSR count). The van der Waals surface area contributed by atoms with Gasteiger partial charge in [0.15, 0.2) is 0 Å². The average Bonchev–Trinajstić information content (AvgIpc) is 2.56. The second-order valence-electron chi connectivity index (χ2n) is 6.18. The van der Waals surface area contributed by atoms with Crippen molar-refractivity contribution in [2.45, 2.75) is 77.6 Å². The van der Waals surface area contributed by atoms with Crippen molar-refractivity contribution in [3.05, 3.63) is 29.8 Å². The maximum atomic E-state index is 11.0. The molecular weight excluding hydrogens is 308 g/mol. The van der Waals surface area contributed by atoms with Gasteiger partial charge in [0.1, 0.15) is 5.75 Å². The molecule has 2 nitrogen and oxygen atoms in total. The number of hydrogen-bond donors (Lipinski definition) is 0. The Bertz CT molecular complexity index is 414. The van der Waals surface area contributed by atoms with Crippen LogP contribution in [0.4, 0.5) is 0 Å². The molecule has 130 valence electrons. The largest absolute Gasteiger partial charge is 0.494 e. The zero-order chi connectivity index (χ0) is 16.8. The molecule has 3 heteroatoms. The Hall–Kier alpha value is -1.02. The predicted molar refractivity (Wildman–Crippen MR) is 98.6 cm³/mol. The van der Waals surface area contributed by atoms with E-state index >= 15 is 0 Å². The quantitative estimate of drug-likeness (QED) is 0.277. The van der Waals surface area contributed by atoms with Gasteiger partial charge in [0, 0.05) is 5.56 Å². The summed E-state index contributed by atoms with van der Waals surface area (Å²) < 4.78 is 5.67. The summed E-state index contributed by atoms with van der Waals surface area (Å²) in [6.45, 7) is 3.00. The maximum Gasteiger partial charge on any atom is 0.252 e. The number of carbonyl (C=O) groups excluding carboxylic acids is 1. The Labute approximate surface area is 146 Å². The summed E-state index contributed by atoms with van der Waals surface area (Å²) in [7, 11) is 0. The summed E-state index contributed by atoms with van der Waals surface area (Å²) in [5, 5.41) is -0.429. The monoisotopic (exact) mass is 338 g/mol. The van der Waals surface area contributed by atoms with E-state index in [1.807, 2.05) is 0 Å². The molecule has 23 heavy (non-hydrogen) atoms. The first-order valence-corrected chi connectivity index (χ1v) is 9.54. The maximum absolute atomic E-state index is 11.0. The standard InChI is InChI=1S/C20H31ClO2/c1-2-3-4-5-6-7-8-9-10-11-12-17-23-19-15-13-18(14-16-19)20(21)22/h13-16H,2-12,17H2,1H3. The zero-order valence-electron chi connectivity index (χ0n) is 14.5. The number of rotatable bonds is 14. The molecule has 0 fully saturated rings. The molecule has 0 aromatic heterocycles. The number of ether oxygens (including phenoxy) is 1. The lowest BCUT2D eigenvalue weighted by Crippen LogP contribution is -1.98. The van der Waals surface area contributed by atoms with E-state index in [2.05, 4.69) is 6.92 Å². The fraction of sp³-hybridized carbons (Fsp3) is 0.650. The van der Waals surface area contributed by atoms with Crippen molar-refractivity contribution in [1.29, 1.82) is 0 Å². The lowest BCUT2D eigenvalue weighted by Gasteiger charge is -2.06. The molecule has 1 aromatic carbocycles. The molecule has 1 aromatic rings. The van der Waals surface area contributed by atoms with Gasteiger partial charge >= 0.3 is 0 Å². The van der Waals surface area contributed by atoms with E-state index in [1.54, 1.807) is 24.3 Å². The predicted octanol–water partition coefficient (Wildman–Crippen LogP) is 6.76. The SMILES string of the molecule is CCCCCCCCCCCCCOc1ccc(C(=O)Cl)cc1. The van der Waals surface area contributed by atoms with Crippen molar-refractivity contribution in [3.63, 3.8) is 0 Å². The molecule has 0 saturated heterocycles. The van der Waals surface area contributed by atoms with Gasteiger partial charge in [-0.2, -0.15) is 0 Å². The molecular formula is C20H31ClO2. The highest BCUT2D eigenvalue weighted by Gasteiger charge is 2.01. The number of hydrogen-bond acceptors (Lipinski definition) is 2. The van der Waals surface area contributed by atoms with Crippen molar-refractivity contribution in [2.75, 3.05) is 6.61 Å². The number of benzene rings is 1. The second-order valence-corrected chi connectivity index (χ2v) is 6.53. The molecule has 0 radical (unpaired) electrons. The summed E-state index contributed by atoms with van der Waals surface area (Å²) in [6.07, 6.45) is 14.7. The van der Waals surface area contributed by atoms with Gasteiger partial charge in [0.2, 0.25) is 0 Å². The summed E-state index contributed by atoms with van der Waals surface area (Å²) in [6, 6.07) is 7.00. The fourth-order valence-electron chi connectivity index (χ4n) is 2.64. The molecule has 0 aliphatic carbocycles. The zero-order valence-corrected chi connectivity index (χ0v) is 15.2. The topological polar surface area (TPSA) is 26.3 Å². The van der Waals surface area contributed by atoms with Crippen LogP contribution in [-0.4, -0.2) is 11.8 Å². The Morgan fingerprint density at radius 2 is 1.30 bits per heavy atom. The number of carbonyl (C=O) groups is 1. The van der Waals surface area contributed by atoms with Crippen LogP contribution in [0.3, 0.4) is 0 Å². The van der Waals surface area contributed by atoms with Gasteiger partial charge in [-0.3, -0.25) is 4.79 Å². The van der Waals surface area contributed by atoms with E-state index in [0.29, 0.717) is 5.56 Å². The van der Waals surface area contributed by atoms with E-state index in [4.69, 9.17) is 16.3 Å². The van der Waals surface area contributed by atoms with Crippen LogP contribution in [0.25, 0.3) is 0 Å². The molecule has 0 atom stereocenters. The Balaban J connectivity index is 1.90. The van der Waals surface area contributed by atoms with Crippen LogP contribution < -0.4 is 4.74 Å². The van der Waals surface area contributed by atoms with Crippen LogP contribution in [-0.2, 0) is 0 Å². The number of halogens is 1. The van der Waals surface area contributed by atoms with Gasteiger partial charge in [0.25, 0.3) is 5.24 Å². The van der Waals surface area contributed by atoms with E-state index in [1.165, 1.54) is 64.2 Å². The first kappa shape index (κ1) is 20.0. The van der Waals surface area contributed by atoms with Crippen LogP contribution in [0.1, 0.15) is 87.9 Å². The summed E-state index contributed by atoms with van der Waals surface area (Å²) in [5.41, 5.74) is 0.508. The average molecular weight is 339 g/mol. The molecule has 0 aliphatic heterocycles. The van der Waals surface area contributed by atoms with Crippen molar-refractivity contribution in [3.8, 4) is 5.75 Å². The number of unbranched alkanes of at least 4 members (excludes halogenated alkanes) is 10. The van der Waals surface area contributed by atoms with Crippen LogP contribution in [0.15, 0.2) is 24.3 Å². The summed E-state index contributed by atoms with van der Waals surface area (Å²) >= 11 is 5.41. The summed E-state index contributed by atoms with van der Waals surface area (Å²) in [4.78, 5) is 11.0. The highest BCUT2D eigenvalue weighted by Crippen LogP contribution is 2.15. The van der Waals surface area contributed by atoms with Crippen LogP contribution >= 0.6 is 11.6 Å². The highest BCUT2D eigenvalue weighted by molar-refractivity contribution is 6.67. The van der Waals surface area contributed by atoms with Gasteiger partial charge in [-0.05, 0) is 42.3 Å². The third-order valence-electron chi connectivity index (χ3n) is 4.10. The first-order valence-electron chi connectivity index (χ1n) is 9.16. The molecule has 0 aliphatic rings. The molecule has 0 saturated carbocycles. The summed E-state index contributed by atoms with van der Waals surface area (Å²) in [5.74, 6) is 0.804. The van der Waals surface area contributed by atoms with E-state index < -0.39 is 5.24 Å². The van der Waals surface area contributed by atoms with Crippen molar-refractivity contribution in [1.82, 2.24) is 0 Å². The van der Waals surface area contributed by atoms with Crippen LogP contribution in [0.2, 0.25) is 0 Å². The lowest BCUT2D eigenvalue weighted by molar-refractivity contribution is 0.108. The Morgan fingerprint density at radius 1 is 0.826 bits per heavy atom. The van der Waals surface area contributed by atoms with Gasteiger partial charge in [-0.15, -0.1) is 0 Å². The fourth-order valence-corrected chi connectivity index (χ4v) is 2.76. The third-order valence-corrected chi connectivity index (χ3v) is 4.32. The van der Waals surface area contributed by atoms with E-state index in [0.717, 1.165) is 18.8 Å². The molecule has 0 bridgehead atoms. The first-order chi connectivity index (χ1) is 11.2. The van der Waals surface area contributed by atoms with Crippen molar-refractivity contribution in [2.24, 2.45) is 0 Å². The Kier molecular flexibility index (Phi) is 11.7. The minimum Gasteiger partial charge on any atom is -0.494 e. The minimum atomic E-state index is -0.429. The van der Waals surface area contributed by atoms with Gasteiger partial charge in [-0.25, -0.2) is 0 Å². The smallest absolute Gasteiger partial charge is 0.252 e. The van der Waals surface area contributed by atoms with Gasteiger partial charge in [0.05, 0.1) is 6.61 Å². The van der Waals surface area contributed by atoms with Gasteiger partial charge < -0.3 is 4.74 Å². The molecule has 0 amide bonds. The van der Waals surface area contributed by atoms with Crippen LogP contribution in [0.5, 0.6) is 5.75 Å². The minimum absolute atomic E-state index is 0.429. The molecule has 0 heterocycles. The van der Waals surface area contributed by atoms with Gasteiger partial charge in [-0.1, -0.05) is 71.1 Å². The normalized spacial score (nSPS) is 10.7. The van der Waals surface area contributed by atoms with E-state index in [9.17, 15) is 4.79 Å². The molecule has 0 unspecified atom stereocenters. The lowest BCUT2D eigenvalue weighted by atomic mass is 10.1. The second kappa shape index (κ2) is 13.4. The van der Waals surface area contributed by atoms with E-state index in [-0.39, 0.29) is 0 Å². The van der Waals surface area contributed by atoms with Crippen LogP contribution in [0, 0.1) is 0 Å².